The molecule has 1 aromatic heterocycles. The highest BCUT2D eigenvalue weighted by molar-refractivity contribution is 5.94. The lowest BCUT2D eigenvalue weighted by Gasteiger charge is -2.17. The summed E-state index contributed by atoms with van der Waals surface area (Å²) in [5, 5.41) is 3.41. The van der Waals surface area contributed by atoms with E-state index >= 15 is 0 Å². The number of rotatable bonds is 2. The van der Waals surface area contributed by atoms with Crippen LogP contribution in [0.4, 0.5) is 0 Å². The molecule has 0 aliphatic carbocycles. The molecule has 27 heavy (non-hydrogen) atoms. The molecule has 142 valence electrons. The number of hydrogen-bond donors (Lipinski definition) is 1. The van der Waals surface area contributed by atoms with E-state index in [1.54, 1.807) is 0 Å². The Kier molecular flexibility index (Phi) is 5.75. The fourth-order valence-electron chi connectivity index (χ4n) is 4.13. The van der Waals surface area contributed by atoms with Crippen molar-refractivity contribution in [3.05, 3.63) is 60.4 Å². The lowest BCUT2D eigenvalue weighted by Crippen LogP contribution is -2.31. The minimum atomic E-state index is 0. The zero-order chi connectivity index (χ0) is 16.8. The standard InChI is InChI=1S/C20H20N4O.2ClH/c25-20(23-11-15-9-21-10-16(15)12-23)14-5-7-17(8-6-14)24-13-22-18-3-1-2-4-19(18)24;;/h1-8,13,15-16,21H,9-12H2;2*1H/t15-,16+;;. The van der Waals surface area contributed by atoms with Crippen LogP contribution in [-0.2, 0) is 0 Å². The van der Waals surface area contributed by atoms with Crippen LogP contribution >= 0.6 is 24.8 Å². The van der Waals surface area contributed by atoms with Crippen LogP contribution in [0, 0.1) is 11.8 Å². The summed E-state index contributed by atoms with van der Waals surface area (Å²) < 4.78 is 2.05. The molecule has 2 fully saturated rings. The lowest BCUT2D eigenvalue weighted by molar-refractivity contribution is 0.0781. The normalized spacial score (nSPS) is 20.8. The van der Waals surface area contributed by atoms with Crippen molar-refractivity contribution in [1.82, 2.24) is 19.8 Å². The van der Waals surface area contributed by atoms with E-state index in [4.69, 9.17) is 0 Å². The predicted octanol–water partition coefficient (Wildman–Crippen LogP) is 3.16. The van der Waals surface area contributed by atoms with Crippen LogP contribution in [0.3, 0.4) is 0 Å². The van der Waals surface area contributed by atoms with Crippen LogP contribution < -0.4 is 5.32 Å². The van der Waals surface area contributed by atoms with Crippen LogP contribution in [0.25, 0.3) is 16.7 Å². The van der Waals surface area contributed by atoms with Gasteiger partial charge in [0, 0.05) is 37.4 Å². The summed E-state index contributed by atoms with van der Waals surface area (Å²) in [7, 11) is 0. The van der Waals surface area contributed by atoms with Gasteiger partial charge in [0.25, 0.3) is 5.91 Å². The molecule has 5 rings (SSSR count). The molecular weight excluding hydrogens is 383 g/mol. The predicted molar refractivity (Wildman–Crippen MR) is 111 cm³/mol. The summed E-state index contributed by atoms with van der Waals surface area (Å²) in [4.78, 5) is 19.2. The average Bonchev–Trinajstić information content (AvgIpc) is 3.35. The second-order valence-electron chi connectivity index (χ2n) is 7.04. The minimum Gasteiger partial charge on any atom is -0.338 e. The van der Waals surface area contributed by atoms with E-state index in [0.29, 0.717) is 11.8 Å². The van der Waals surface area contributed by atoms with Gasteiger partial charge in [-0.3, -0.25) is 9.36 Å². The van der Waals surface area contributed by atoms with E-state index < -0.39 is 0 Å². The van der Waals surface area contributed by atoms with E-state index in [1.165, 1.54) is 0 Å². The first-order valence-corrected chi connectivity index (χ1v) is 8.82. The van der Waals surface area contributed by atoms with Crippen LogP contribution in [0.5, 0.6) is 0 Å². The minimum absolute atomic E-state index is 0. The number of para-hydroxylation sites is 2. The number of nitrogens with zero attached hydrogens (tertiary/aromatic N) is 3. The fourth-order valence-corrected chi connectivity index (χ4v) is 4.13. The van der Waals surface area contributed by atoms with Gasteiger partial charge < -0.3 is 10.2 Å². The average molecular weight is 405 g/mol. The number of benzene rings is 2. The highest BCUT2D eigenvalue weighted by Crippen LogP contribution is 2.27. The van der Waals surface area contributed by atoms with Gasteiger partial charge in [0.2, 0.25) is 0 Å². The van der Waals surface area contributed by atoms with Gasteiger partial charge in [0.1, 0.15) is 6.33 Å². The first-order valence-electron chi connectivity index (χ1n) is 8.82. The Hall–Kier alpha value is -2.08. The number of carbonyl (C=O) groups excluding carboxylic acids is 1. The van der Waals surface area contributed by atoms with Gasteiger partial charge in [-0.25, -0.2) is 4.98 Å². The van der Waals surface area contributed by atoms with Gasteiger partial charge in [-0.2, -0.15) is 0 Å². The highest BCUT2D eigenvalue weighted by Gasteiger charge is 2.38. The molecule has 5 nitrogen and oxygen atoms in total. The number of amides is 1. The molecule has 2 atom stereocenters. The second kappa shape index (κ2) is 7.89. The van der Waals surface area contributed by atoms with Crippen molar-refractivity contribution >= 4 is 41.8 Å². The monoisotopic (exact) mass is 404 g/mol. The summed E-state index contributed by atoms with van der Waals surface area (Å²) in [6.45, 7) is 3.84. The van der Waals surface area contributed by atoms with Gasteiger partial charge in [-0.15, -0.1) is 24.8 Å². The van der Waals surface area contributed by atoms with Gasteiger partial charge in [-0.1, -0.05) is 12.1 Å². The third-order valence-electron chi connectivity index (χ3n) is 5.52. The fraction of sp³-hybridized carbons (Fsp3) is 0.300. The van der Waals surface area contributed by atoms with E-state index in [2.05, 4.69) is 20.9 Å². The van der Waals surface area contributed by atoms with Crippen molar-refractivity contribution in [2.45, 2.75) is 0 Å². The third-order valence-corrected chi connectivity index (χ3v) is 5.52. The number of carbonyl (C=O) groups is 1. The molecule has 2 aliphatic rings. The van der Waals surface area contributed by atoms with Gasteiger partial charge in [0.05, 0.1) is 11.0 Å². The second-order valence-corrected chi connectivity index (χ2v) is 7.04. The molecule has 0 spiro atoms. The summed E-state index contributed by atoms with van der Waals surface area (Å²) in [6.07, 6.45) is 1.83. The zero-order valence-corrected chi connectivity index (χ0v) is 16.4. The first kappa shape index (κ1) is 19.7. The van der Waals surface area contributed by atoms with E-state index in [0.717, 1.165) is 48.5 Å². The van der Waals surface area contributed by atoms with Crippen molar-refractivity contribution in [2.75, 3.05) is 26.2 Å². The molecule has 1 amide bonds. The van der Waals surface area contributed by atoms with Gasteiger partial charge in [-0.05, 0) is 48.2 Å². The van der Waals surface area contributed by atoms with E-state index in [9.17, 15) is 4.79 Å². The molecule has 3 aromatic rings. The van der Waals surface area contributed by atoms with Gasteiger partial charge in [0.15, 0.2) is 0 Å². The van der Waals surface area contributed by atoms with Crippen LogP contribution in [0.2, 0.25) is 0 Å². The first-order chi connectivity index (χ1) is 12.3. The zero-order valence-electron chi connectivity index (χ0n) is 14.7. The van der Waals surface area contributed by atoms with E-state index in [1.807, 2.05) is 53.7 Å². The molecule has 0 bridgehead atoms. The topological polar surface area (TPSA) is 50.2 Å². The van der Waals surface area contributed by atoms with Crippen LogP contribution in [0.15, 0.2) is 54.9 Å². The Morgan fingerprint density at radius 2 is 1.63 bits per heavy atom. The number of hydrogen-bond acceptors (Lipinski definition) is 3. The number of fused-ring (bicyclic) bond motifs is 2. The summed E-state index contributed by atoms with van der Waals surface area (Å²) >= 11 is 0. The third kappa shape index (κ3) is 3.43. The number of likely N-dealkylation sites (tertiary alicyclic amines) is 1. The highest BCUT2D eigenvalue weighted by atomic mass is 35.5. The Bertz CT molecular complexity index is 929. The smallest absolute Gasteiger partial charge is 0.253 e. The number of halogens is 2. The molecule has 3 heterocycles. The molecule has 7 heteroatoms. The molecule has 0 unspecified atom stereocenters. The maximum Gasteiger partial charge on any atom is 0.253 e. The summed E-state index contributed by atoms with van der Waals surface area (Å²) in [6, 6.07) is 15.9. The van der Waals surface area contributed by atoms with Gasteiger partial charge >= 0.3 is 0 Å². The SMILES string of the molecule is Cl.Cl.O=C(c1ccc(-n2cnc3ccccc32)cc1)N1C[C@H]2CNC[C@H]2C1. The largest absolute Gasteiger partial charge is 0.338 e. The molecule has 1 N–H and O–H groups in total. The van der Waals surface area contributed by atoms with Crippen molar-refractivity contribution in [3.8, 4) is 5.69 Å². The molecule has 2 saturated heterocycles. The number of nitrogens with one attached hydrogen (secondary N) is 1. The Morgan fingerprint density at radius 3 is 2.33 bits per heavy atom. The van der Waals surface area contributed by atoms with Crippen molar-refractivity contribution < 1.29 is 4.79 Å². The van der Waals surface area contributed by atoms with E-state index in [-0.39, 0.29) is 30.7 Å². The van der Waals surface area contributed by atoms with Crippen LogP contribution in [0.1, 0.15) is 10.4 Å². The molecule has 0 saturated carbocycles. The van der Waals surface area contributed by atoms with Crippen molar-refractivity contribution in [3.63, 3.8) is 0 Å². The Labute approximate surface area is 170 Å². The molecule has 2 aromatic carbocycles. The number of imidazole rings is 1. The summed E-state index contributed by atoms with van der Waals surface area (Å²) in [5.41, 5.74) is 3.83. The Balaban J connectivity index is 0.00000105. The maximum absolute atomic E-state index is 12.8. The van der Waals surface area contributed by atoms with Crippen LogP contribution in [-0.4, -0.2) is 46.5 Å². The molecule has 0 radical (unpaired) electrons. The summed E-state index contributed by atoms with van der Waals surface area (Å²) in [5.74, 6) is 1.40. The molecular formula is C20H22Cl2N4O. The Morgan fingerprint density at radius 1 is 0.963 bits per heavy atom. The lowest BCUT2D eigenvalue weighted by atomic mass is 10.0. The number of aromatic nitrogens is 2. The van der Waals surface area contributed by atoms with Crippen molar-refractivity contribution in [1.29, 1.82) is 0 Å². The van der Waals surface area contributed by atoms with Crippen molar-refractivity contribution in [2.24, 2.45) is 11.8 Å². The quantitative estimate of drug-likeness (QED) is 0.713. The molecule has 2 aliphatic heterocycles. The maximum atomic E-state index is 12.8.